The molecular weight excluding hydrogens is 456 g/mol. The number of halogens is 4. The first-order valence-corrected chi connectivity index (χ1v) is 10.2. The molecule has 2 unspecified atom stereocenters. The van der Waals surface area contributed by atoms with Crippen LogP contribution in [0.4, 0.5) is 17.6 Å². The summed E-state index contributed by atoms with van der Waals surface area (Å²) in [4.78, 5) is -0.0438. The molecule has 0 radical (unpaired) electrons. The topological polar surface area (TPSA) is 114 Å². The van der Waals surface area contributed by atoms with E-state index in [0.29, 0.717) is 6.07 Å². The molecule has 0 aliphatic carbocycles. The number of nitriles is 1. The highest BCUT2D eigenvalue weighted by Crippen LogP contribution is 2.32. The van der Waals surface area contributed by atoms with Crippen molar-refractivity contribution < 1.29 is 41.8 Å². The van der Waals surface area contributed by atoms with Gasteiger partial charge < -0.3 is 20.1 Å². The number of phenolic OH excluding ortho intramolecular Hbond substituents is 1. The smallest absolute Gasteiger partial charge is 0.416 e. The quantitative estimate of drug-likeness (QED) is 0.585. The molecule has 7 nitrogen and oxygen atoms in total. The molecule has 2 atom stereocenters. The lowest BCUT2D eigenvalue weighted by Crippen LogP contribution is -2.37. The Morgan fingerprint density at radius 2 is 1.97 bits per heavy atom. The summed E-state index contributed by atoms with van der Waals surface area (Å²) in [7, 11) is -0.511. The highest BCUT2D eigenvalue weighted by Gasteiger charge is 2.39. The first-order chi connectivity index (χ1) is 14.9. The Labute approximate surface area is 183 Å². The van der Waals surface area contributed by atoms with Gasteiger partial charge in [0.1, 0.15) is 28.4 Å². The van der Waals surface area contributed by atoms with Crippen molar-refractivity contribution in [2.75, 3.05) is 26.8 Å². The van der Waals surface area contributed by atoms with E-state index in [2.05, 4.69) is 4.74 Å². The van der Waals surface area contributed by atoms with Crippen LogP contribution in [0.1, 0.15) is 17.5 Å². The van der Waals surface area contributed by atoms with Gasteiger partial charge in [0.05, 0.1) is 29.7 Å². The normalized spacial score (nSPS) is 19.6. The maximum absolute atomic E-state index is 12.6. The molecule has 0 aromatic heterocycles. The highest BCUT2D eigenvalue weighted by molar-refractivity contribution is 7.82. The fourth-order valence-electron chi connectivity index (χ4n) is 2.83. The first kappa shape index (κ1) is 25.5. The number of aromatic hydroxyl groups is 1. The van der Waals surface area contributed by atoms with E-state index in [1.54, 1.807) is 6.07 Å². The summed E-state index contributed by atoms with van der Waals surface area (Å²) >= 11 is 0. The number of nitrogens with zero attached hydrogens (tertiary/aromatic N) is 2. The van der Waals surface area contributed by atoms with E-state index in [1.807, 2.05) is 0 Å². The summed E-state index contributed by atoms with van der Waals surface area (Å²) in [5.74, 6) is -0.515. The van der Waals surface area contributed by atoms with Gasteiger partial charge in [-0.25, -0.2) is 12.9 Å². The molecule has 1 aliphatic rings. The van der Waals surface area contributed by atoms with Crippen molar-refractivity contribution >= 4 is 11.0 Å². The highest BCUT2D eigenvalue weighted by atomic mass is 32.2. The third kappa shape index (κ3) is 6.17. The Bertz CT molecular complexity index is 1030. The lowest BCUT2D eigenvalue weighted by atomic mass is 10.1. The molecule has 174 valence electrons. The number of hydrogen-bond donors (Lipinski definition) is 3. The van der Waals surface area contributed by atoms with Gasteiger partial charge in [-0.2, -0.15) is 18.4 Å². The molecule has 0 spiro atoms. The molecule has 1 aliphatic heterocycles. The van der Waals surface area contributed by atoms with E-state index in [-0.39, 0.29) is 41.5 Å². The Hall–Kier alpha value is -2.72. The zero-order valence-electron chi connectivity index (χ0n) is 16.8. The van der Waals surface area contributed by atoms with Crippen molar-refractivity contribution in [3.8, 4) is 17.6 Å². The average Bonchev–Trinajstić information content (AvgIpc) is 3.15. The standard InChI is InChI=1S/C13H13F3N2O3S.C7H7FO2/c14-13(15,16)10-1-2-11(9(5-10)6-17)22(21)18-4-3-12(20,7-18)8-19;1-10-7-3-2-5(9)4-6(7)8/h1-2,5,19-20H,3-4,7-8H2;2-4,9H,1H3. The minimum atomic E-state index is -4.59. The van der Waals surface area contributed by atoms with Gasteiger partial charge in [-0.15, -0.1) is 0 Å². The first-order valence-electron chi connectivity index (χ1n) is 9.08. The van der Waals surface area contributed by atoms with Crippen molar-refractivity contribution in [3.05, 3.63) is 53.3 Å². The number of methoxy groups -OCH3 is 1. The maximum atomic E-state index is 12.6. The summed E-state index contributed by atoms with van der Waals surface area (Å²) < 4.78 is 68.8. The van der Waals surface area contributed by atoms with Gasteiger partial charge in [0.15, 0.2) is 11.6 Å². The zero-order chi connectivity index (χ0) is 24.1. The Balaban J connectivity index is 0.000000303. The van der Waals surface area contributed by atoms with Crippen LogP contribution in [-0.2, 0) is 17.2 Å². The van der Waals surface area contributed by atoms with Crippen LogP contribution < -0.4 is 4.74 Å². The Morgan fingerprint density at radius 1 is 1.28 bits per heavy atom. The number of aliphatic hydroxyl groups is 2. The van der Waals surface area contributed by atoms with Crippen LogP contribution in [0.15, 0.2) is 41.3 Å². The fourth-order valence-corrected chi connectivity index (χ4v) is 4.20. The molecule has 1 fully saturated rings. The predicted octanol–water partition coefficient (Wildman–Crippen LogP) is 2.57. The summed E-state index contributed by atoms with van der Waals surface area (Å²) in [5.41, 5.74) is -2.69. The van der Waals surface area contributed by atoms with E-state index in [9.17, 15) is 26.9 Å². The van der Waals surface area contributed by atoms with E-state index in [0.717, 1.165) is 18.2 Å². The third-order valence-corrected chi connectivity index (χ3v) is 6.09. The number of benzene rings is 2. The van der Waals surface area contributed by atoms with Gasteiger partial charge >= 0.3 is 6.18 Å². The van der Waals surface area contributed by atoms with Crippen molar-refractivity contribution in [2.24, 2.45) is 0 Å². The number of rotatable bonds is 4. The number of ether oxygens (including phenoxy) is 1. The SMILES string of the molecule is COc1ccc(O)cc1F.N#Cc1cc(C(F)(F)F)ccc1S(=O)N1CCC(O)(CO)C1. The van der Waals surface area contributed by atoms with Crippen LogP contribution in [0.2, 0.25) is 0 Å². The molecule has 3 N–H and O–H groups in total. The molecule has 12 heteroatoms. The third-order valence-electron chi connectivity index (χ3n) is 4.58. The number of alkyl halides is 3. The minimum absolute atomic E-state index is 0.0438. The second-order valence-electron chi connectivity index (χ2n) is 6.88. The van der Waals surface area contributed by atoms with Gasteiger partial charge in [0.2, 0.25) is 0 Å². The average molecular weight is 476 g/mol. The number of aliphatic hydroxyl groups excluding tert-OH is 1. The predicted molar refractivity (Wildman–Crippen MR) is 105 cm³/mol. The van der Waals surface area contributed by atoms with Crippen molar-refractivity contribution in [1.82, 2.24) is 4.31 Å². The Kier molecular flexibility index (Phi) is 8.19. The van der Waals surface area contributed by atoms with E-state index >= 15 is 0 Å². The second kappa shape index (κ2) is 10.3. The van der Waals surface area contributed by atoms with Crippen LogP contribution in [-0.4, -0.2) is 56.2 Å². The van der Waals surface area contributed by atoms with E-state index < -0.39 is 40.8 Å². The Morgan fingerprint density at radius 3 is 2.47 bits per heavy atom. The lowest BCUT2D eigenvalue weighted by Gasteiger charge is -2.20. The lowest BCUT2D eigenvalue weighted by molar-refractivity contribution is -0.137. The summed E-state index contributed by atoms with van der Waals surface area (Å²) in [6.07, 6.45) is -4.39. The molecule has 2 aromatic carbocycles. The van der Waals surface area contributed by atoms with Crippen molar-refractivity contribution in [2.45, 2.75) is 23.1 Å². The molecule has 3 rings (SSSR count). The second-order valence-corrected chi connectivity index (χ2v) is 8.34. The van der Waals surface area contributed by atoms with Crippen LogP contribution in [0, 0.1) is 17.1 Å². The van der Waals surface area contributed by atoms with Crippen molar-refractivity contribution in [3.63, 3.8) is 0 Å². The van der Waals surface area contributed by atoms with E-state index in [4.69, 9.17) is 15.5 Å². The van der Waals surface area contributed by atoms with E-state index in [1.165, 1.54) is 23.5 Å². The van der Waals surface area contributed by atoms with Crippen molar-refractivity contribution in [1.29, 1.82) is 5.26 Å². The summed E-state index contributed by atoms with van der Waals surface area (Å²) in [5, 5.41) is 36.7. The molecule has 0 bridgehead atoms. The molecule has 0 saturated carbocycles. The van der Waals surface area contributed by atoms with Crippen LogP contribution in [0.25, 0.3) is 0 Å². The molecule has 32 heavy (non-hydrogen) atoms. The van der Waals surface area contributed by atoms with Gasteiger partial charge in [-0.05, 0) is 36.8 Å². The zero-order valence-corrected chi connectivity index (χ0v) is 17.6. The van der Waals surface area contributed by atoms with Gasteiger partial charge in [-0.3, -0.25) is 0 Å². The monoisotopic (exact) mass is 476 g/mol. The number of β-amino-alcohol motifs (C(OH)–C–C–N with tert-alkyl or cyclic N) is 1. The molecule has 1 saturated heterocycles. The summed E-state index contributed by atoms with van der Waals surface area (Å²) in [6.45, 7) is -0.379. The molecule has 1 heterocycles. The van der Waals surface area contributed by atoms with Crippen LogP contribution in [0.5, 0.6) is 11.5 Å². The minimum Gasteiger partial charge on any atom is -0.508 e. The van der Waals surface area contributed by atoms with Gasteiger partial charge in [0.25, 0.3) is 0 Å². The molecule has 2 aromatic rings. The summed E-state index contributed by atoms with van der Waals surface area (Å²) in [6, 6.07) is 7.77. The largest absolute Gasteiger partial charge is 0.508 e. The molecular formula is C20H20F4N2O5S. The van der Waals surface area contributed by atoms with Gasteiger partial charge in [-0.1, -0.05) is 0 Å². The number of hydrogen-bond acceptors (Lipinski definition) is 6. The molecule has 0 amide bonds. The van der Waals surface area contributed by atoms with Gasteiger partial charge in [0, 0.05) is 19.2 Å². The number of phenols is 1. The fraction of sp³-hybridized carbons (Fsp3) is 0.350. The maximum Gasteiger partial charge on any atom is 0.416 e. The van der Waals surface area contributed by atoms with Crippen LogP contribution >= 0.6 is 0 Å². The van der Waals surface area contributed by atoms with Crippen LogP contribution in [0.3, 0.4) is 0 Å².